The fourth-order valence-corrected chi connectivity index (χ4v) is 2.14. The first-order chi connectivity index (χ1) is 9.99. The first-order valence-electron chi connectivity index (χ1n) is 6.70. The fraction of sp³-hybridized carbons (Fsp3) is 0.429. The maximum atomic E-state index is 11.8. The van der Waals surface area contributed by atoms with Crippen LogP contribution in [0.15, 0.2) is 28.7 Å². The molecule has 5 nitrogen and oxygen atoms in total. The van der Waals surface area contributed by atoms with Gasteiger partial charge in [0.15, 0.2) is 5.11 Å². The van der Waals surface area contributed by atoms with Gasteiger partial charge in [-0.1, -0.05) is 12.1 Å². The van der Waals surface area contributed by atoms with Crippen molar-refractivity contribution in [3.63, 3.8) is 0 Å². The highest BCUT2D eigenvalue weighted by atomic mass is 79.9. The van der Waals surface area contributed by atoms with Gasteiger partial charge in [0.1, 0.15) is 0 Å². The lowest BCUT2D eigenvalue weighted by atomic mass is 10.3. The van der Waals surface area contributed by atoms with Crippen LogP contribution in [-0.2, 0) is 4.79 Å². The molecule has 3 N–H and O–H groups in total. The number of nitrogens with zero attached hydrogens (tertiary/aromatic N) is 1. The van der Waals surface area contributed by atoms with Crippen molar-refractivity contribution in [2.45, 2.75) is 6.42 Å². The van der Waals surface area contributed by atoms with E-state index in [1.54, 1.807) is 0 Å². The van der Waals surface area contributed by atoms with E-state index in [4.69, 9.17) is 12.2 Å². The van der Waals surface area contributed by atoms with E-state index in [9.17, 15) is 4.79 Å². The van der Waals surface area contributed by atoms with Crippen LogP contribution in [0, 0.1) is 0 Å². The molecule has 0 aromatic heterocycles. The lowest BCUT2D eigenvalue weighted by Gasteiger charge is -2.13. The Labute approximate surface area is 139 Å². The number of hydrogen-bond donors (Lipinski definition) is 3. The number of carbonyl (C=O) groups is 1. The topological polar surface area (TPSA) is 56.4 Å². The molecule has 0 spiro atoms. The van der Waals surface area contributed by atoms with E-state index in [0.29, 0.717) is 5.11 Å². The van der Waals surface area contributed by atoms with Crippen molar-refractivity contribution in [3.05, 3.63) is 28.7 Å². The average Bonchev–Trinajstić information content (AvgIpc) is 2.44. The summed E-state index contributed by atoms with van der Waals surface area (Å²) < 4.78 is 0.850. The van der Waals surface area contributed by atoms with Crippen LogP contribution in [0.4, 0.5) is 5.69 Å². The van der Waals surface area contributed by atoms with E-state index in [2.05, 4.69) is 36.8 Å². The molecule has 0 radical (unpaired) electrons. The maximum absolute atomic E-state index is 11.8. The summed E-state index contributed by atoms with van der Waals surface area (Å²) in [7, 11) is 4.06. The third kappa shape index (κ3) is 7.99. The van der Waals surface area contributed by atoms with E-state index >= 15 is 0 Å². The molecule has 0 unspecified atom stereocenters. The van der Waals surface area contributed by atoms with Crippen LogP contribution in [0.2, 0.25) is 0 Å². The molecule has 116 valence electrons. The molecule has 0 heterocycles. The number of thiocarbonyl (C=S) groups is 1. The van der Waals surface area contributed by atoms with Gasteiger partial charge in [0.05, 0.1) is 12.2 Å². The van der Waals surface area contributed by atoms with Crippen molar-refractivity contribution in [2.75, 3.05) is 39.0 Å². The third-order valence-electron chi connectivity index (χ3n) is 2.63. The number of halogens is 1. The molecule has 21 heavy (non-hydrogen) atoms. The number of hydrogen-bond acceptors (Lipinski definition) is 3. The van der Waals surface area contributed by atoms with Gasteiger partial charge >= 0.3 is 0 Å². The van der Waals surface area contributed by atoms with Gasteiger partial charge in [-0.25, -0.2) is 0 Å². The van der Waals surface area contributed by atoms with Crippen LogP contribution in [-0.4, -0.2) is 49.6 Å². The quantitative estimate of drug-likeness (QED) is 0.503. The minimum Gasteiger partial charge on any atom is -0.363 e. The lowest BCUT2D eigenvalue weighted by molar-refractivity contribution is -0.115. The molecule has 7 heteroatoms. The largest absolute Gasteiger partial charge is 0.363 e. The molecular weight excluding hydrogens is 352 g/mol. The Bertz CT molecular complexity index is 482. The number of nitrogens with one attached hydrogen (secondary N) is 3. The van der Waals surface area contributed by atoms with Crippen molar-refractivity contribution < 1.29 is 4.79 Å². The summed E-state index contributed by atoms with van der Waals surface area (Å²) in [6.07, 6.45) is 0.998. The second-order valence-corrected chi connectivity index (χ2v) is 6.06. The Morgan fingerprint density at radius 1 is 1.29 bits per heavy atom. The van der Waals surface area contributed by atoms with Crippen LogP contribution in [0.5, 0.6) is 0 Å². The summed E-state index contributed by atoms with van der Waals surface area (Å²) in [6.45, 7) is 1.93. The molecule has 0 bridgehead atoms. The van der Waals surface area contributed by atoms with E-state index in [1.165, 1.54) is 0 Å². The minimum atomic E-state index is -0.139. The highest BCUT2D eigenvalue weighted by Gasteiger charge is 2.05. The van der Waals surface area contributed by atoms with E-state index in [0.717, 1.165) is 29.7 Å². The van der Waals surface area contributed by atoms with Gasteiger partial charge in [-0.05, 0) is 67.3 Å². The number of amides is 1. The van der Waals surface area contributed by atoms with Gasteiger partial charge in [0.25, 0.3) is 0 Å². The molecule has 1 aromatic carbocycles. The minimum absolute atomic E-state index is 0.139. The molecule has 1 aromatic rings. The third-order valence-corrected chi connectivity index (χ3v) is 3.61. The van der Waals surface area contributed by atoms with Crippen molar-refractivity contribution in [3.8, 4) is 0 Å². The number of para-hydroxylation sites is 1. The molecular formula is C14H21BrN4OS. The first-order valence-corrected chi connectivity index (χ1v) is 7.90. The zero-order valence-corrected chi connectivity index (χ0v) is 14.7. The second kappa shape index (κ2) is 9.70. The van der Waals surface area contributed by atoms with Crippen molar-refractivity contribution in [2.24, 2.45) is 0 Å². The van der Waals surface area contributed by atoms with Crippen molar-refractivity contribution in [1.82, 2.24) is 15.5 Å². The number of carbonyl (C=O) groups excluding carboxylic acids is 1. The highest BCUT2D eigenvalue weighted by Crippen LogP contribution is 2.20. The van der Waals surface area contributed by atoms with Gasteiger partial charge in [0, 0.05) is 11.0 Å². The first kappa shape index (κ1) is 17.9. The zero-order chi connectivity index (χ0) is 15.7. The summed E-state index contributed by atoms with van der Waals surface area (Å²) in [4.78, 5) is 13.9. The molecule has 1 rings (SSSR count). The predicted molar refractivity (Wildman–Crippen MR) is 94.5 cm³/mol. The van der Waals surface area contributed by atoms with Gasteiger partial charge in [-0.3, -0.25) is 4.79 Å². The van der Waals surface area contributed by atoms with Crippen LogP contribution in [0.1, 0.15) is 6.42 Å². The molecule has 0 saturated carbocycles. The smallest absolute Gasteiger partial charge is 0.243 e. The highest BCUT2D eigenvalue weighted by molar-refractivity contribution is 9.10. The summed E-state index contributed by atoms with van der Waals surface area (Å²) in [6, 6.07) is 7.47. The molecule has 0 aliphatic carbocycles. The molecule has 1 amide bonds. The van der Waals surface area contributed by atoms with Gasteiger partial charge in [-0.2, -0.15) is 0 Å². The SMILES string of the molecule is CN(C)CCCNC(=S)NCC(=O)Nc1ccccc1Br. The van der Waals surface area contributed by atoms with Crippen molar-refractivity contribution >= 4 is 44.9 Å². The Hall–Kier alpha value is -1.18. The van der Waals surface area contributed by atoms with Gasteiger partial charge in [0.2, 0.25) is 5.91 Å². The average molecular weight is 373 g/mol. The lowest BCUT2D eigenvalue weighted by Crippen LogP contribution is -2.40. The summed E-state index contributed by atoms with van der Waals surface area (Å²) >= 11 is 8.50. The monoisotopic (exact) mass is 372 g/mol. The van der Waals surface area contributed by atoms with Crippen LogP contribution in [0.3, 0.4) is 0 Å². The Kier molecular flexibility index (Phi) is 8.26. The molecule has 0 fully saturated rings. The van der Waals surface area contributed by atoms with Crippen molar-refractivity contribution in [1.29, 1.82) is 0 Å². The maximum Gasteiger partial charge on any atom is 0.243 e. The second-order valence-electron chi connectivity index (χ2n) is 4.79. The summed E-state index contributed by atoms with van der Waals surface area (Å²) in [5, 5.41) is 9.26. The summed E-state index contributed by atoms with van der Waals surface area (Å²) in [5.41, 5.74) is 0.745. The Morgan fingerprint density at radius 2 is 2.00 bits per heavy atom. The number of rotatable bonds is 7. The van der Waals surface area contributed by atoms with E-state index < -0.39 is 0 Å². The zero-order valence-electron chi connectivity index (χ0n) is 12.3. The number of benzene rings is 1. The standard InChI is InChI=1S/C14H21BrN4OS/c1-19(2)9-5-8-16-14(21)17-10-13(20)18-12-7-4-3-6-11(12)15/h3-4,6-7H,5,8-10H2,1-2H3,(H,18,20)(H2,16,17,21). The van der Waals surface area contributed by atoms with Crippen LogP contribution < -0.4 is 16.0 Å². The Balaban J connectivity index is 2.21. The van der Waals surface area contributed by atoms with Crippen LogP contribution in [0.25, 0.3) is 0 Å². The summed E-state index contributed by atoms with van der Waals surface area (Å²) in [5.74, 6) is -0.139. The van der Waals surface area contributed by atoms with E-state index in [1.807, 2.05) is 38.4 Å². The van der Waals surface area contributed by atoms with Gasteiger partial charge in [-0.15, -0.1) is 0 Å². The molecule has 0 atom stereocenters. The van der Waals surface area contributed by atoms with Gasteiger partial charge < -0.3 is 20.9 Å². The van der Waals surface area contributed by atoms with Crippen LogP contribution >= 0.6 is 28.1 Å². The normalized spacial score (nSPS) is 10.3. The van der Waals surface area contributed by atoms with E-state index in [-0.39, 0.29) is 12.5 Å². The number of anilines is 1. The molecule has 0 saturated heterocycles. The molecule has 0 aliphatic rings. The Morgan fingerprint density at radius 3 is 2.67 bits per heavy atom. The molecule has 0 aliphatic heterocycles. The fourth-order valence-electron chi connectivity index (χ4n) is 1.58. The predicted octanol–water partition coefficient (Wildman–Crippen LogP) is 1.80.